The number of nitrogens with zero attached hydrogens (tertiary/aromatic N) is 6. The molecule has 5 aromatic rings. The van der Waals surface area contributed by atoms with Gasteiger partial charge in [-0.2, -0.15) is 10.2 Å². The topological polar surface area (TPSA) is 119 Å². The highest BCUT2D eigenvalue weighted by Gasteiger charge is 2.23. The van der Waals surface area contributed by atoms with E-state index in [0.29, 0.717) is 29.2 Å². The third-order valence-corrected chi connectivity index (χ3v) is 8.30. The van der Waals surface area contributed by atoms with Crippen LogP contribution in [0.1, 0.15) is 28.9 Å². The zero-order valence-corrected chi connectivity index (χ0v) is 22.7. The third kappa shape index (κ3) is 4.84. The summed E-state index contributed by atoms with van der Waals surface area (Å²) >= 11 is 1.49. The second kappa shape index (κ2) is 10.1. The first-order valence-corrected chi connectivity index (χ1v) is 13.5. The van der Waals surface area contributed by atoms with E-state index >= 15 is 0 Å². The van der Waals surface area contributed by atoms with Crippen molar-refractivity contribution in [1.29, 1.82) is 0 Å². The Labute approximate surface area is 228 Å². The number of rotatable bonds is 6. The molecule has 4 aromatic heterocycles. The van der Waals surface area contributed by atoms with E-state index in [2.05, 4.69) is 30.7 Å². The quantitative estimate of drug-likeness (QED) is 0.322. The average molecular weight is 545 g/mol. The van der Waals surface area contributed by atoms with Crippen molar-refractivity contribution in [2.75, 3.05) is 30.8 Å². The van der Waals surface area contributed by atoms with Crippen LogP contribution in [0.5, 0.6) is 0 Å². The molecule has 200 valence electrons. The zero-order chi connectivity index (χ0) is 27.1. The lowest BCUT2D eigenvalue weighted by Gasteiger charge is -2.19. The Balaban J connectivity index is 1.18. The molecule has 0 unspecified atom stereocenters. The van der Waals surface area contributed by atoms with Gasteiger partial charge in [-0.15, -0.1) is 11.3 Å². The lowest BCUT2D eigenvalue weighted by Crippen LogP contribution is -2.31. The molecule has 1 aromatic carbocycles. The zero-order valence-electron chi connectivity index (χ0n) is 21.8. The molecule has 0 aliphatic carbocycles. The van der Waals surface area contributed by atoms with Gasteiger partial charge in [0.2, 0.25) is 0 Å². The van der Waals surface area contributed by atoms with Crippen LogP contribution < -0.4 is 10.6 Å². The maximum atomic E-state index is 13.3. The van der Waals surface area contributed by atoms with Crippen molar-refractivity contribution in [2.45, 2.75) is 25.8 Å². The number of hydrogen-bond donors (Lipinski definition) is 2. The number of nitrogens with one attached hydrogen (secondary N) is 2. The molecular weight excluding hydrogens is 516 g/mol. The van der Waals surface area contributed by atoms with E-state index in [1.54, 1.807) is 23.7 Å². The molecule has 6 rings (SSSR count). The summed E-state index contributed by atoms with van der Waals surface area (Å²) in [5.41, 5.74) is 4.06. The summed E-state index contributed by atoms with van der Waals surface area (Å²) in [6.07, 6.45) is 8.43. The second-order valence-electron chi connectivity index (χ2n) is 9.72. The molecule has 0 bridgehead atoms. The largest absolute Gasteiger partial charge is 0.448 e. The highest BCUT2D eigenvalue weighted by Crippen LogP contribution is 2.35. The minimum absolute atomic E-state index is 0.240. The van der Waals surface area contributed by atoms with E-state index in [1.807, 2.05) is 49.4 Å². The first-order valence-electron chi connectivity index (χ1n) is 12.7. The van der Waals surface area contributed by atoms with E-state index in [9.17, 15) is 9.59 Å². The number of aromatic nitrogens is 5. The summed E-state index contributed by atoms with van der Waals surface area (Å²) in [6.45, 7) is 3.14. The molecule has 11 nitrogen and oxygen atoms in total. The number of pyridine rings is 1. The number of amides is 2. The van der Waals surface area contributed by atoms with E-state index in [-0.39, 0.29) is 11.9 Å². The van der Waals surface area contributed by atoms with Gasteiger partial charge in [0, 0.05) is 30.2 Å². The number of ether oxygens (including phenoxy) is 1. The normalized spacial score (nSPS) is 15.7. The van der Waals surface area contributed by atoms with Crippen molar-refractivity contribution in [3.8, 4) is 10.4 Å². The van der Waals surface area contributed by atoms with Gasteiger partial charge in [0.05, 0.1) is 51.6 Å². The molecule has 1 saturated heterocycles. The van der Waals surface area contributed by atoms with Crippen molar-refractivity contribution >= 4 is 50.4 Å². The van der Waals surface area contributed by atoms with Crippen LogP contribution in [0.4, 0.5) is 16.2 Å². The number of aryl methyl sites for hydroxylation is 2. The first kappa shape index (κ1) is 25.0. The van der Waals surface area contributed by atoms with Crippen LogP contribution in [-0.2, 0) is 11.8 Å². The van der Waals surface area contributed by atoms with Gasteiger partial charge in [-0.3, -0.25) is 19.8 Å². The fourth-order valence-electron chi connectivity index (χ4n) is 4.89. The Morgan fingerprint density at radius 2 is 2.03 bits per heavy atom. The van der Waals surface area contributed by atoms with Crippen LogP contribution in [0, 0.1) is 6.92 Å². The van der Waals surface area contributed by atoms with Gasteiger partial charge in [0.25, 0.3) is 5.91 Å². The number of carbonyl (C=O) groups is 2. The van der Waals surface area contributed by atoms with Crippen LogP contribution in [0.25, 0.3) is 26.2 Å². The van der Waals surface area contributed by atoms with E-state index in [1.165, 1.54) is 17.5 Å². The van der Waals surface area contributed by atoms with Gasteiger partial charge in [-0.05, 0) is 45.5 Å². The first-order chi connectivity index (χ1) is 18.9. The van der Waals surface area contributed by atoms with E-state index < -0.39 is 6.09 Å². The Bertz CT molecular complexity index is 1700. The van der Waals surface area contributed by atoms with Crippen LogP contribution in [-0.4, -0.2) is 67.5 Å². The van der Waals surface area contributed by atoms with Gasteiger partial charge in [-0.1, -0.05) is 12.1 Å². The molecule has 0 radical (unpaired) electrons. The highest BCUT2D eigenvalue weighted by molar-refractivity contribution is 7.21. The number of thiazole rings is 1. The number of benzene rings is 1. The molecular formula is C27H28N8O3S. The number of likely N-dealkylation sites (N-methyl/N-ethyl adjacent to an activating group) is 1. The maximum absolute atomic E-state index is 13.3. The molecule has 0 saturated carbocycles. The average Bonchev–Trinajstić information content (AvgIpc) is 3.69. The molecule has 1 fully saturated rings. The third-order valence-electron chi connectivity index (χ3n) is 7.16. The molecule has 1 aliphatic rings. The molecule has 5 heterocycles. The fourth-order valence-corrected chi connectivity index (χ4v) is 5.99. The lowest BCUT2D eigenvalue weighted by atomic mass is 10.1. The van der Waals surface area contributed by atoms with Gasteiger partial charge in [-0.25, -0.2) is 9.31 Å². The summed E-state index contributed by atoms with van der Waals surface area (Å²) in [6, 6.07) is 7.97. The van der Waals surface area contributed by atoms with Crippen LogP contribution in [0.2, 0.25) is 0 Å². The SMILES string of the molecule is Cc1ncc(NC(=O)OC[C@@H]2CCCN2C)cc1NC(=O)c1cnn2cc(-c3cccc4c3cnn4C)sc12. The van der Waals surface area contributed by atoms with Crippen LogP contribution in [0.15, 0.2) is 49.1 Å². The number of anilines is 2. The molecule has 1 atom stereocenters. The maximum Gasteiger partial charge on any atom is 0.411 e. The van der Waals surface area contributed by atoms with Crippen molar-refractivity contribution < 1.29 is 14.3 Å². The minimum Gasteiger partial charge on any atom is -0.448 e. The second-order valence-corrected chi connectivity index (χ2v) is 10.8. The molecule has 1 aliphatic heterocycles. The fraction of sp³-hybridized carbons (Fsp3) is 0.296. The van der Waals surface area contributed by atoms with Gasteiger partial charge in [0.15, 0.2) is 0 Å². The lowest BCUT2D eigenvalue weighted by molar-refractivity contribution is 0.102. The van der Waals surface area contributed by atoms with Crippen LogP contribution in [0.3, 0.4) is 0 Å². The molecule has 2 amide bonds. The van der Waals surface area contributed by atoms with Crippen molar-refractivity contribution in [3.63, 3.8) is 0 Å². The summed E-state index contributed by atoms with van der Waals surface area (Å²) < 4.78 is 8.95. The van der Waals surface area contributed by atoms with Crippen molar-refractivity contribution in [1.82, 2.24) is 29.3 Å². The standard InChI is InChI=1S/C27H28N8O3S/c1-16-22(10-17(11-28-16)31-27(37)38-15-18-6-5-9-33(18)2)32-25(36)21-13-30-35-14-24(39-26(21)35)19-7-4-8-23-20(19)12-29-34(23)3/h4,7-8,10-14,18H,5-6,9,15H2,1-3H3,(H,31,37)(H,32,36)/t18-/m0/s1. The van der Waals surface area contributed by atoms with Crippen molar-refractivity contribution in [3.05, 3.63) is 60.3 Å². The molecule has 2 N–H and O–H groups in total. The number of fused-ring (bicyclic) bond motifs is 2. The predicted molar refractivity (Wildman–Crippen MR) is 150 cm³/mol. The molecule has 39 heavy (non-hydrogen) atoms. The Hall–Kier alpha value is -4.29. The summed E-state index contributed by atoms with van der Waals surface area (Å²) in [5, 5.41) is 15.4. The predicted octanol–water partition coefficient (Wildman–Crippen LogP) is 4.55. The van der Waals surface area contributed by atoms with Gasteiger partial charge in [0.1, 0.15) is 11.4 Å². The number of carbonyl (C=O) groups excluding carboxylic acids is 2. The Morgan fingerprint density at radius 1 is 1.15 bits per heavy atom. The van der Waals surface area contributed by atoms with Gasteiger partial charge < -0.3 is 15.0 Å². The summed E-state index contributed by atoms with van der Waals surface area (Å²) in [5.74, 6) is -0.313. The van der Waals surface area contributed by atoms with Crippen LogP contribution >= 0.6 is 11.3 Å². The Morgan fingerprint density at radius 3 is 2.85 bits per heavy atom. The van der Waals surface area contributed by atoms with E-state index in [4.69, 9.17) is 4.74 Å². The molecule has 12 heteroatoms. The van der Waals surface area contributed by atoms with Gasteiger partial charge >= 0.3 is 6.09 Å². The Kier molecular flexibility index (Phi) is 6.49. The number of likely N-dealkylation sites (tertiary alicyclic amines) is 1. The van der Waals surface area contributed by atoms with Crippen molar-refractivity contribution in [2.24, 2.45) is 7.05 Å². The number of hydrogen-bond acceptors (Lipinski definition) is 8. The van der Waals surface area contributed by atoms with E-state index in [0.717, 1.165) is 45.6 Å². The minimum atomic E-state index is -0.550. The smallest absolute Gasteiger partial charge is 0.411 e. The summed E-state index contributed by atoms with van der Waals surface area (Å²) in [7, 11) is 3.94. The highest BCUT2D eigenvalue weighted by atomic mass is 32.1. The summed E-state index contributed by atoms with van der Waals surface area (Å²) in [4.78, 5) is 33.9. The molecule has 0 spiro atoms. The monoisotopic (exact) mass is 544 g/mol.